The highest BCUT2D eigenvalue weighted by molar-refractivity contribution is 7.99. The van der Waals surface area contributed by atoms with Crippen molar-refractivity contribution in [2.75, 3.05) is 45.6 Å². The van der Waals surface area contributed by atoms with E-state index in [-0.39, 0.29) is 17.2 Å². The first kappa shape index (κ1) is 20.1. The van der Waals surface area contributed by atoms with Gasteiger partial charge in [-0.05, 0) is 31.7 Å². The molecule has 3 heterocycles. The minimum Gasteiger partial charge on any atom is -0.385 e. The Bertz CT molecular complexity index is 645. The standard InChI is InChI=1S/C19H28N4O3S/c1-26-12-4-11-22-14-19(7-5-16(22)24)6-2-10-23(15-19)17(25)13-27-18-20-8-3-9-21-18/h3,8-9H,2,4-7,10-15H2,1H3/t19-/m0/s1. The molecular formula is C19H28N4O3S. The molecule has 0 bridgehead atoms. The second-order valence-electron chi connectivity index (χ2n) is 7.40. The van der Waals surface area contributed by atoms with Crippen molar-refractivity contribution in [3.63, 3.8) is 0 Å². The van der Waals surface area contributed by atoms with Gasteiger partial charge in [-0.1, -0.05) is 11.8 Å². The highest BCUT2D eigenvalue weighted by Gasteiger charge is 2.42. The van der Waals surface area contributed by atoms with E-state index in [1.165, 1.54) is 11.8 Å². The number of rotatable bonds is 7. The topological polar surface area (TPSA) is 75.6 Å². The minimum absolute atomic E-state index is 0.0444. The van der Waals surface area contributed by atoms with Gasteiger partial charge in [0, 0.05) is 64.1 Å². The van der Waals surface area contributed by atoms with E-state index in [1.807, 2.05) is 9.80 Å². The molecule has 0 N–H and O–H groups in total. The van der Waals surface area contributed by atoms with E-state index in [2.05, 4.69) is 9.97 Å². The lowest BCUT2D eigenvalue weighted by Crippen LogP contribution is -2.55. The lowest BCUT2D eigenvalue weighted by Gasteiger charge is -2.48. The number of thioether (sulfide) groups is 1. The molecule has 0 saturated carbocycles. The Morgan fingerprint density at radius 1 is 1.30 bits per heavy atom. The predicted octanol–water partition coefficient (Wildman–Crippen LogP) is 1.84. The molecule has 27 heavy (non-hydrogen) atoms. The number of likely N-dealkylation sites (tertiary alicyclic amines) is 2. The average Bonchev–Trinajstić information content (AvgIpc) is 2.70. The number of hydrogen-bond acceptors (Lipinski definition) is 6. The fourth-order valence-corrected chi connectivity index (χ4v) is 4.74. The summed E-state index contributed by atoms with van der Waals surface area (Å²) in [5.41, 5.74) is 0.0444. The number of methoxy groups -OCH3 is 1. The smallest absolute Gasteiger partial charge is 0.233 e. The maximum atomic E-state index is 12.7. The van der Waals surface area contributed by atoms with Crippen molar-refractivity contribution in [1.82, 2.24) is 19.8 Å². The maximum absolute atomic E-state index is 12.7. The van der Waals surface area contributed by atoms with Crippen LogP contribution < -0.4 is 0 Å². The second kappa shape index (κ2) is 9.50. The van der Waals surface area contributed by atoms with Gasteiger partial charge in [-0.25, -0.2) is 9.97 Å². The van der Waals surface area contributed by atoms with Crippen LogP contribution in [0.2, 0.25) is 0 Å². The van der Waals surface area contributed by atoms with Crippen LogP contribution in [0.15, 0.2) is 23.6 Å². The van der Waals surface area contributed by atoms with Crippen LogP contribution >= 0.6 is 11.8 Å². The number of hydrogen-bond donors (Lipinski definition) is 0. The third kappa shape index (κ3) is 5.42. The highest BCUT2D eigenvalue weighted by Crippen LogP contribution is 2.39. The molecular weight excluding hydrogens is 364 g/mol. The molecule has 148 valence electrons. The molecule has 2 aliphatic heterocycles. The summed E-state index contributed by atoms with van der Waals surface area (Å²) >= 11 is 1.38. The van der Waals surface area contributed by atoms with Crippen molar-refractivity contribution in [1.29, 1.82) is 0 Å². The van der Waals surface area contributed by atoms with Gasteiger partial charge in [0.25, 0.3) is 0 Å². The summed E-state index contributed by atoms with van der Waals surface area (Å²) in [6.07, 6.45) is 7.78. The molecule has 8 heteroatoms. The Morgan fingerprint density at radius 3 is 2.89 bits per heavy atom. The van der Waals surface area contributed by atoms with Crippen molar-refractivity contribution in [2.45, 2.75) is 37.3 Å². The van der Waals surface area contributed by atoms with Gasteiger partial charge < -0.3 is 14.5 Å². The minimum atomic E-state index is 0.0444. The van der Waals surface area contributed by atoms with Crippen LogP contribution in [-0.2, 0) is 14.3 Å². The Labute approximate surface area is 164 Å². The summed E-state index contributed by atoms with van der Waals surface area (Å²) in [7, 11) is 1.68. The molecule has 3 rings (SSSR count). The Morgan fingerprint density at radius 2 is 2.11 bits per heavy atom. The Kier molecular flexibility index (Phi) is 7.07. The van der Waals surface area contributed by atoms with E-state index in [0.717, 1.165) is 51.9 Å². The van der Waals surface area contributed by atoms with E-state index in [0.29, 0.717) is 23.9 Å². The zero-order chi connectivity index (χ0) is 19.1. The van der Waals surface area contributed by atoms with E-state index in [9.17, 15) is 9.59 Å². The molecule has 2 amide bonds. The van der Waals surface area contributed by atoms with Crippen LogP contribution in [0.5, 0.6) is 0 Å². The van der Waals surface area contributed by atoms with Gasteiger partial charge in [-0.15, -0.1) is 0 Å². The van der Waals surface area contributed by atoms with Crippen molar-refractivity contribution in [2.24, 2.45) is 5.41 Å². The first-order chi connectivity index (χ1) is 13.1. The molecule has 0 aliphatic carbocycles. The molecule has 7 nitrogen and oxygen atoms in total. The molecule has 0 unspecified atom stereocenters. The van der Waals surface area contributed by atoms with Crippen molar-refractivity contribution in [3.05, 3.63) is 18.5 Å². The lowest BCUT2D eigenvalue weighted by atomic mass is 9.73. The number of aromatic nitrogens is 2. The molecule has 1 aromatic heterocycles. The summed E-state index contributed by atoms with van der Waals surface area (Å²) in [6, 6.07) is 1.77. The quantitative estimate of drug-likeness (QED) is 0.400. The number of amides is 2. The second-order valence-corrected chi connectivity index (χ2v) is 8.34. The number of carbonyl (C=O) groups excluding carboxylic acids is 2. The predicted molar refractivity (Wildman–Crippen MR) is 103 cm³/mol. The molecule has 2 aliphatic rings. The van der Waals surface area contributed by atoms with Gasteiger partial charge in [0.15, 0.2) is 5.16 Å². The zero-order valence-corrected chi connectivity index (χ0v) is 16.7. The van der Waals surface area contributed by atoms with E-state index < -0.39 is 0 Å². The third-order valence-corrected chi connectivity index (χ3v) is 6.27. The SMILES string of the molecule is COCCCN1C[C@]2(CCCN(C(=O)CSc3ncccn3)C2)CCC1=O. The molecule has 1 atom stereocenters. The Balaban J connectivity index is 1.55. The van der Waals surface area contributed by atoms with Gasteiger partial charge in [0.2, 0.25) is 11.8 Å². The van der Waals surface area contributed by atoms with Gasteiger partial charge in [-0.3, -0.25) is 9.59 Å². The largest absolute Gasteiger partial charge is 0.385 e. The number of ether oxygens (including phenoxy) is 1. The third-order valence-electron chi connectivity index (χ3n) is 5.41. The summed E-state index contributed by atoms with van der Waals surface area (Å²) < 4.78 is 5.11. The van der Waals surface area contributed by atoms with Crippen molar-refractivity contribution in [3.8, 4) is 0 Å². The van der Waals surface area contributed by atoms with Gasteiger partial charge >= 0.3 is 0 Å². The number of piperidine rings is 2. The van der Waals surface area contributed by atoms with Gasteiger partial charge in [-0.2, -0.15) is 0 Å². The van der Waals surface area contributed by atoms with Crippen LogP contribution in [0, 0.1) is 5.41 Å². The Hall–Kier alpha value is -1.67. The van der Waals surface area contributed by atoms with E-state index in [1.54, 1.807) is 25.6 Å². The summed E-state index contributed by atoms with van der Waals surface area (Å²) in [5, 5.41) is 0.630. The first-order valence-corrected chi connectivity index (χ1v) is 10.5. The molecule has 0 aromatic carbocycles. The van der Waals surface area contributed by atoms with Gasteiger partial charge in [0.05, 0.1) is 5.75 Å². The monoisotopic (exact) mass is 392 g/mol. The lowest BCUT2D eigenvalue weighted by molar-refractivity contribution is -0.142. The van der Waals surface area contributed by atoms with Crippen LogP contribution in [0.1, 0.15) is 32.1 Å². The zero-order valence-electron chi connectivity index (χ0n) is 15.9. The average molecular weight is 393 g/mol. The molecule has 2 fully saturated rings. The normalized spacial score (nSPS) is 23.1. The molecule has 1 spiro atoms. The summed E-state index contributed by atoms with van der Waals surface area (Å²) in [4.78, 5) is 37.3. The maximum Gasteiger partial charge on any atom is 0.233 e. The summed E-state index contributed by atoms with van der Waals surface area (Å²) in [6.45, 7) is 3.71. The number of carbonyl (C=O) groups is 2. The first-order valence-electron chi connectivity index (χ1n) is 9.56. The van der Waals surface area contributed by atoms with Gasteiger partial charge in [0.1, 0.15) is 0 Å². The number of nitrogens with zero attached hydrogens (tertiary/aromatic N) is 4. The van der Waals surface area contributed by atoms with E-state index in [4.69, 9.17) is 4.74 Å². The van der Waals surface area contributed by atoms with E-state index >= 15 is 0 Å². The van der Waals surface area contributed by atoms with Crippen molar-refractivity contribution >= 4 is 23.6 Å². The highest BCUT2D eigenvalue weighted by atomic mass is 32.2. The fraction of sp³-hybridized carbons (Fsp3) is 0.684. The summed E-state index contributed by atoms with van der Waals surface area (Å²) in [5.74, 6) is 0.725. The van der Waals surface area contributed by atoms with Crippen LogP contribution in [0.3, 0.4) is 0 Å². The van der Waals surface area contributed by atoms with Crippen LogP contribution in [0.4, 0.5) is 0 Å². The molecule has 2 saturated heterocycles. The molecule has 0 radical (unpaired) electrons. The van der Waals surface area contributed by atoms with Crippen molar-refractivity contribution < 1.29 is 14.3 Å². The molecule has 1 aromatic rings. The van der Waals surface area contributed by atoms with Crippen LogP contribution in [0.25, 0.3) is 0 Å². The van der Waals surface area contributed by atoms with Crippen LogP contribution in [-0.4, -0.2) is 77.2 Å². The fourth-order valence-electron chi connectivity index (χ4n) is 4.04.